The third kappa shape index (κ3) is 2.90. The van der Waals surface area contributed by atoms with Gasteiger partial charge >= 0.3 is 0 Å². The molecule has 0 atom stereocenters. The molecule has 4 nitrogen and oxygen atoms in total. The number of para-hydroxylation sites is 1. The first-order chi connectivity index (χ1) is 9.52. The molecule has 4 heteroatoms. The van der Waals surface area contributed by atoms with Gasteiger partial charge in [0.15, 0.2) is 5.78 Å². The van der Waals surface area contributed by atoms with Gasteiger partial charge in [0.25, 0.3) is 0 Å². The van der Waals surface area contributed by atoms with Crippen molar-refractivity contribution in [1.82, 2.24) is 9.78 Å². The summed E-state index contributed by atoms with van der Waals surface area (Å²) >= 11 is 0. The second kappa shape index (κ2) is 5.90. The van der Waals surface area contributed by atoms with Gasteiger partial charge < -0.3 is 4.74 Å². The number of benzene rings is 1. The van der Waals surface area contributed by atoms with Crippen LogP contribution in [0, 0.1) is 0 Å². The van der Waals surface area contributed by atoms with Gasteiger partial charge in [0, 0.05) is 13.2 Å². The average Bonchev–Trinajstić information content (AvgIpc) is 2.79. The Hall–Kier alpha value is -2.10. The Morgan fingerprint density at radius 3 is 2.65 bits per heavy atom. The molecule has 0 aliphatic carbocycles. The Morgan fingerprint density at radius 2 is 2.00 bits per heavy atom. The minimum Gasteiger partial charge on any atom is -0.490 e. The van der Waals surface area contributed by atoms with Crippen molar-refractivity contribution >= 4 is 5.78 Å². The van der Waals surface area contributed by atoms with Crippen LogP contribution in [0.5, 0.6) is 5.75 Å². The molecule has 1 aromatic carbocycles. The first kappa shape index (κ1) is 14.3. The molecule has 0 saturated heterocycles. The molecule has 1 aromatic heterocycles. The van der Waals surface area contributed by atoms with E-state index in [2.05, 4.69) is 5.10 Å². The third-order valence-electron chi connectivity index (χ3n) is 2.98. The Balaban J connectivity index is 2.42. The van der Waals surface area contributed by atoms with Crippen LogP contribution in [0.4, 0.5) is 0 Å². The summed E-state index contributed by atoms with van der Waals surface area (Å²) in [5.41, 5.74) is 2.05. The first-order valence-electron chi connectivity index (χ1n) is 6.85. The molecule has 0 fully saturated rings. The number of rotatable bonds is 5. The van der Waals surface area contributed by atoms with Crippen molar-refractivity contribution in [1.29, 1.82) is 0 Å². The monoisotopic (exact) mass is 272 g/mol. The van der Waals surface area contributed by atoms with E-state index in [-0.39, 0.29) is 11.9 Å². The summed E-state index contributed by atoms with van der Waals surface area (Å²) in [5.74, 6) is 0.588. The van der Waals surface area contributed by atoms with Crippen LogP contribution < -0.4 is 4.74 Å². The molecule has 2 aromatic rings. The summed E-state index contributed by atoms with van der Waals surface area (Å²) in [5, 5.41) is 4.32. The summed E-state index contributed by atoms with van der Waals surface area (Å²) in [6.07, 6.45) is 2.53. The van der Waals surface area contributed by atoms with Crippen LogP contribution >= 0.6 is 0 Å². The van der Waals surface area contributed by atoms with E-state index in [1.807, 2.05) is 46.0 Å². The van der Waals surface area contributed by atoms with E-state index >= 15 is 0 Å². The molecule has 0 N–H and O–H groups in total. The second-order valence-corrected chi connectivity index (χ2v) is 5.01. The highest BCUT2D eigenvalue weighted by molar-refractivity contribution is 6.11. The molecule has 0 bridgehead atoms. The van der Waals surface area contributed by atoms with Gasteiger partial charge in [0.05, 0.1) is 22.9 Å². The Bertz CT molecular complexity index is 615. The van der Waals surface area contributed by atoms with Gasteiger partial charge in [-0.1, -0.05) is 19.1 Å². The minimum atomic E-state index is -0.0359. The van der Waals surface area contributed by atoms with Crippen LogP contribution in [0.25, 0.3) is 0 Å². The van der Waals surface area contributed by atoms with Crippen molar-refractivity contribution in [2.45, 2.75) is 33.3 Å². The molecule has 0 aliphatic heterocycles. The predicted molar refractivity (Wildman–Crippen MR) is 78.2 cm³/mol. The standard InChI is InChI=1S/C16H20N2O2/c1-5-14-13(10-18(4)17-14)16(19)12-8-6-7-9-15(12)20-11(2)3/h6-11H,5H2,1-4H3. The lowest BCUT2D eigenvalue weighted by atomic mass is 10.0. The highest BCUT2D eigenvalue weighted by Gasteiger charge is 2.19. The lowest BCUT2D eigenvalue weighted by Crippen LogP contribution is -2.11. The van der Waals surface area contributed by atoms with Crippen molar-refractivity contribution in [3.8, 4) is 5.75 Å². The van der Waals surface area contributed by atoms with Crippen LogP contribution in [-0.4, -0.2) is 21.7 Å². The van der Waals surface area contributed by atoms with E-state index in [4.69, 9.17) is 4.74 Å². The Kier molecular flexibility index (Phi) is 4.23. The van der Waals surface area contributed by atoms with Crippen molar-refractivity contribution in [3.63, 3.8) is 0 Å². The number of aromatic nitrogens is 2. The van der Waals surface area contributed by atoms with Gasteiger partial charge in [-0.05, 0) is 32.4 Å². The predicted octanol–water partition coefficient (Wildman–Crippen LogP) is 3.00. The van der Waals surface area contributed by atoms with Crippen LogP contribution in [0.2, 0.25) is 0 Å². The fourth-order valence-corrected chi connectivity index (χ4v) is 2.14. The summed E-state index contributed by atoms with van der Waals surface area (Å²) < 4.78 is 7.40. The maximum absolute atomic E-state index is 12.7. The van der Waals surface area contributed by atoms with E-state index < -0.39 is 0 Å². The van der Waals surface area contributed by atoms with Crippen LogP contribution in [0.3, 0.4) is 0 Å². The summed E-state index contributed by atoms with van der Waals surface area (Å²) in [6.45, 7) is 5.89. The van der Waals surface area contributed by atoms with Crippen molar-refractivity contribution in [3.05, 3.63) is 47.3 Å². The van der Waals surface area contributed by atoms with Crippen LogP contribution in [0.15, 0.2) is 30.5 Å². The van der Waals surface area contributed by atoms with E-state index in [1.165, 1.54) is 0 Å². The molecule has 0 amide bonds. The largest absolute Gasteiger partial charge is 0.490 e. The number of hydrogen-bond donors (Lipinski definition) is 0. The van der Waals surface area contributed by atoms with Gasteiger partial charge in [-0.15, -0.1) is 0 Å². The van der Waals surface area contributed by atoms with E-state index in [1.54, 1.807) is 16.9 Å². The lowest BCUT2D eigenvalue weighted by Gasteiger charge is -2.13. The minimum absolute atomic E-state index is 0.0310. The maximum atomic E-state index is 12.7. The fraction of sp³-hybridized carbons (Fsp3) is 0.375. The number of nitrogens with zero attached hydrogens (tertiary/aromatic N) is 2. The molecule has 0 saturated carbocycles. The average molecular weight is 272 g/mol. The smallest absolute Gasteiger partial charge is 0.200 e. The highest BCUT2D eigenvalue weighted by atomic mass is 16.5. The number of aryl methyl sites for hydroxylation is 2. The topological polar surface area (TPSA) is 44.1 Å². The molecular formula is C16H20N2O2. The number of hydrogen-bond acceptors (Lipinski definition) is 3. The summed E-state index contributed by atoms with van der Waals surface area (Å²) in [4.78, 5) is 12.7. The summed E-state index contributed by atoms with van der Waals surface area (Å²) in [7, 11) is 1.83. The number of carbonyl (C=O) groups excluding carboxylic acids is 1. The molecule has 0 radical (unpaired) electrons. The van der Waals surface area contributed by atoms with Gasteiger partial charge in [-0.3, -0.25) is 9.48 Å². The molecule has 2 rings (SSSR count). The van der Waals surface area contributed by atoms with Gasteiger partial charge in [0.2, 0.25) is 0 Å². The highest BCUT2D eigenvalue weighted by Crippen LogP contribution is 2.24. The maximum Gasteiger partial charge on any atom is 0.200 e. The van der Waals surface area contributed by atoms with Gasteiger partial charge in [-0.25, -0.2) is 0 Å². The zero-order valence-electron chi connectivity index (χ0n) is 12.4. The molecule has 20 heavy (non-hydrogen) atoms. The molecule has 0 spiro atoms. The SMILES string of the molecule is CCc1nn(C)cc1C(=O)c1ccccc1OC(C)C. The third-order valence-corrected chi connectivity index (χ3v) is 2.98. The van der Waals surface area contributed by atoms with E-state index in [0.29, 0.717) is 16.9 Å². The molecular weight excluding hydrogens is 252 g/mol. The molecule has 1 heterocycles. The number of ketones is 1. The van der Waals surface area contributed by atoms with Crippen LogP contribution in [0.1, 0.15) is 42.4 Å². The lowest BCUT2D eigenvalue weighted by molar-refractivity contribution is 0.103. The van der Waals surface area contributed by atoms with Gasteiger partial charge in [0.1, 0.15) is 5.75 Å². The van der Waals surface area contributed by atoms with Crippen LogP contribution in [-0.2, 0) is 13.5 Å². The quantitative estimate of drug-likeness (QED) is 0.786. The summed E-state index contributed by atoms with van der Waals surface area (Å²) in [6, 6.07) is 7.35. The molecule has 106 valence electrons. The fourth-order valence-electron chi connectivity index (χ4n) is 2.14. The first-order valence-corrected chi connectivity index (χ1v) is 6.85. The van der Waals surface area contributed by atoms with E-state index in [9.17, 15) is 4.79 Å². The van der Waals surface area contributed by atoms with Gasteiger partial charge in [-0.2, -0.15) is 5.10 Å². The second-order valence-electron chi connectivity index (χ2n) is 5.01. The number of ether oxygens (including phenoxy) is 1. The normalized spacial score (nSPS) is 10.8. The Labute approximate surface area is 119 Å². The van der Waals surface area contributed by atoms with Crippen molar-refractivity contribution in [2.24, 2.45) is 7.05 Å². The van der Waals surface area contributed by atoms with Crippen molar-refractivity contribution in [2.75, 3.05) is 0 Å². The van der Waals surface area contributed by atoms with E-state index in [0.717, 1.165) is 12.1 Å². The zero-order valence-corrected chi connectivity index (χ0v) is 12.4. The molecule has 0 unspecified atom stereocenters. The number of carbonyl (C=O) groups is 1. The van der Waals surface area contributed by atoms with Crippen molar-refractivity contribution < 1.29 is 9.53 Å². The zero-order chi connectivity index (χ0) is 14.7. The molecule has 0 aliphatic rings. The Morgan fingerprint density at radius 1 is 1.30 bits per heavy atom.